The Kier molecular flexibility index (Phi) is 8.67. The lowest BCUT2D eigenvalue weighted by Gasteiger charge is -2.29. The van der Waals surface area contributed by atoms with Gasteiger partial charge >= 0.3 is 0 Å². The number of carbonyl (C=O) groups excluding carboxylic acids is 2. The molecule has 3 aromatic carbocycles. The second-order valence-electron chi connectivity index (χ2n) is 10.4. The minimum atomic E-state index is -0.564. The van der Waals surface area contributed by atoms with Crippen molar-refractivity contribution in [2.24, 2.45) is 0 Å². The maximum atomic E-state index is 13.8. The fourth-order valence-corrected chi connectivity index (χ4v) is 6.01. The summed E-state index contributed by atoms with van der Waals surface area (Å²) in [5, 5.41) is 2.83. The molecule has 1 aliphatic rings. The topological polar surface area (TPSA) is 67.9 Å². The first-order valence-electron chi connectivity index (χ1n) is 12.8. The molecule has 0 radical (unpaired) electrons. The third-order valence-corrected chi connectivity index (χ3v) is 8.10. The largest absolute Gasteiger partial charge is 0.493 e. The Bertz CT molecular complexity index is 1260. The van der Waals surface area contributed by atoms with Gasteiger partial charge in [-0.05, 0) is 52.8 Å². The first-order valence-corrected chi connectivity index (χ1v) is 13.9. The highest BCUT2D eigenvalue weighted by Crippen LogP contribution is 2.42. The number of rotatable bonds is 8. The number of ether oxygens (including phenoxy) is 2. The molecule has 3 aromatic rings. The Morgan fingerprint density at radius 1 is 0.947 bits per heavy atom. The van der Waals surface area contributed by atoms with Crippen molar-refractivity contribution in [1.29, 1.82) is 0 Å². The highest BCUT2D eigenvalue weighted by molar-refractivity contribution is 7.99. The van der Waals surface area contributed by atoms with Gasteiger partial charge in [0.1, 0.15) is 11.4 Å². The molecule has 6 nitrogen and oxygen atoms in total. The van der Waals surface area contributed by atoms with Crippen LogP contribution in [0.1, 0.15) is 53.2 Å². The van der Waals surface area contributed by atoms with E-state index in [1.54, 1.807) is 30.9 Å². The molecule has 4 rings (SSSR count). The van der Waals surface area contributed by atoms with Gasteiger partial charge in [-0.3, -0.25) is 9.59 Å². The fourth-order valence-electron chi connectivity index (χ4n) is 4.58. The van der Waals surface area contributed by atoms with Crippen molar-refractivity contribution >= 4 is 23.6 Å². The van der Waals surface area contributed by atoms with Crippen LogP contribution in [0.15, 0.2) is 72.8 Å². The molecule has 1 aliphatic heterocycles. The van der Waals surface area contributed by atoms with Crippen molar-refractivity contribution in [3.8, 4) is 11.5 Å². The summed E-state index contributed by atoms with van der Waals surface area (Å²) in [6.07, 6.45) is 0.635. The normalized spacial score (nSPS) is 17.2. The number of nitrogens with one attached hydrogen (secondary N) is 1. The van der Waals surface area contributed by atoms with E-state index in [1.165, 1.54) is 0 Å². The number of hydrogen-bond donors (Lipinski definition) is 1. The Labute approximate surface area is 229 Å². The van der Waals surface area contributed by atoms with E-state index in [-0.39, 0.29) is 22.6 Å². The van der Waals surface area contributed by atoms with Crippen molar-refractivity contribution in [2.45, 2.75) is 44.0 Å². The van der Waals surface area contributed by atoms with E-state index in [1.807, 2.05) is 72.8 Å². The molecule has 1 N–H and O–H groups in total. The van der Waals surface area contributed by atoms with Crippen LogP contribution in [0.4, 0.5) is 0 Å². The molecule has 0 aliphatic carbocycles. The van der Waals surface area contributed by atoms with Crippen molar-refractivity contribution < 1.29 is 19.1 Å². The molecule has 1 heterocycles. The van der Waals surface area contributed by atoms with Gasteiger partial charge in [-0.15, -0.1) is 11.8 Å². The van der Waals surface area contributed by atoms with Crippen LogP contribution < -0.4 is 14.8 Å². The number of benzene rings is 3. The first-order chi connectivity index (χ1) is 18.2. The Hall–Kier alpha value is -3.45. The summed E-state index contributed by atoms with van der Waals surface area (Å²) >= 11 is 1.62. The quantitative estimate of drug-likeness (QED) is 0.408. The molecular formula is C31H36N2O4S. The van der Waals surface area contributed by atoms with E-state index in [0.29, 0.717) is 35.8 Å². The van der Waals surface area contributed by atoms with Gasteiger partial charge in [0.05, 0.1) is 14.2 Å². The zero-order chi connectivity index (χ0) is 27.3. The molecule has 0 aromatic heterocycles. The molecule has 200 valence electrons. The van der Waals surface area contributed by atoms with Crippen LogP contribution in [0, 0.1) is 0 Å². The summed E-state index contributed by atoms with van der Waals surface area (Å²) in [5.74, 6) is 1.58. The van der Waals surface area contributed by atoms with E-state index in [9.17, 15) is 9.59 Å². The maximum absolute atomic E-state index is 13.8. The summed E-state index contributed by atoms with van der Waals surface area (Å²) in [4.78, 5) is 29.0. The second kappa shape index (κ2) is 11.9. The second-order valence-corrected chi connectivity index (χ2v) is 11.5. The molecule has 0 bridgehead atoms. The average Bonchev–Trinajstić information content (AvgIpc) is 3.38. The van der Waals surface area contributed by atoms with Crippen LogP contribution in [0.2, 0.25) is 0 Å². The smallest absolute Gasteiger partial charge is 0.255 e. The Balaban J connectivity index is 1.51. The van der Waals surface area contributed by atoms with Gasteiger partial charge in [0.2, 0.25) is 5.91 Å². The minimum Gasteiger partial charge on any atom is -0.493 e. The van der Waals surface area contributed by atoms with E-state index in [0.717, 1.165) is 16.7 Å². The summed E-state index contributed by atoms with van der Waals surface area (Å²) in [5.41, 5.74) is 3.78. The Morgan fingerprint density at radius 2 is 1.63 bits per heavy atom. The summed E-state index contributed by atoms with van der Waals surface area (Å²) in [6.45, 7) is 6.89. The van der Waals surface area contributed by atoms with Gasteiger partial charge in [0.25, 0.3) is 5.91 Å². The molecule has 38 heavy (non-hydrogen) atoms. The van der Waals surface area contributed by atoms with Crippen molar-refractivity contribution in [3.63, 3.8) is 0 Å². The molecule has 2 unspecified atom stereocenters. The molecule has 2 atom stereocenters. The molecule has 7 heteroatoms. The number of amides is 2. The maximum Gasteiger partial charge on any atom is 0.255 e. The number of methoxy groups -OCH3 is 2. The standard InChI is InChI=1S/C31H36N2O4S/c1-31(2,3)24-14-12-22(13-15-24)29(35)33-25(20-38-30(33)23-9-7-6-8-10-23)28(34)32-18-17-21-11-16-26(36-4)27(19-21)37-5/h6-16,19,25,30H,17-18,20H2,1-5H3,(H,32,34). The van der Waals surface area contributed by atoms with Crippen molar-refractivity contribution in [3.05, 3.63) is 95.1 Å². The van der Waals surface area contributed by atoms with Crippen LogP contribution in [0.5, 0.6) is 11.5 Å². The fraction of sp³-hybridized carbons (Fsp3) is 0.355. The van der Waals surface area contributed by atoms with E-state index in [4.69, 9.17) is 9.47 Å². The number of carbonyl (C=O) groups is 2. The summed E-state index contributed by atoms with van der Waals surface area (Å²) < 4.78 is 10.7. The van der Waals surface area contributed by atoms with Crippen LogP contribution in [0.25, 0.3) is 0 Å². The van der Waals surface area contributed by atoms with Crippen LogP contribution in [-0.4, -0.2) is 49.3 Å². The van der Waals surface area contributed by atoms with Crippen molar-refractivity contribution in [2.75, 3.05) is 26.5 Å². The molecule has 0 spiro atoms. The third-order valence-electron chi connectivity index (χ3n) is 6.78. The molecular weight excluding hydrogens is 496 g/mol. The zero-order valence-electron chi connectivity index (χ0n) is 22.7. The van der Waals surface area contributed by atoms with Gasteiger partial charge in [0.15, 0.2) is 11.5 Å². The molecule has 1 saturated heterocycles. The predicted octanol–water partition coefficient (Wildman–Crippen LogP) is 5.62. The van der Waals surface area contributed by atoms with E-state index in [2.05, 4.69) is 26.1 Å². The van der Waals surface area contributed by atoms with Gasteiger partial charge in [-0.2, -0.15) is 0 Å². The SMILES string of the molecule is COc1ccc(CCNC(=O)C2CSC(c3ccccc3)N2C(=O)c2ccc(C(C)(C)C)cc2)cc1OC. The van der Waals surface area contributed by atoms with Gasteiger partial charge in [0, 0.05) is 17.9 Å². The lowest BCUT2D eigenvalue weighted by molar-refractivity contribution is -0.124. The highest BCUT2D eigenvalue weighted by Gasteiger charge is 2.42. The molecule has 0 saturated carbocycles. The monoisotopic (exact) mass is 532 g/mol. The lowest BCUT2D eigenvalue weighted by atomic mass is 9.86. The van der Waals surface area contributed by atoms with Gasteiger partial charge in [-0.1, -0.05) is 69.3 Å². The number of hydrogen-bond acceptors (Lipinski definition) is 5. The zero-order valence-corrected chi connectivity index (χ0v) is 23.5. The number of thioether (sulfide) groups is 1. The number of nitrogens with zero attached hydrogens (tertiary/aromatic N) is 1. The predicted molar refractivity (Wildman–Crippen MR) is 153 cm³/mol. The van der Waals surface area contributed by atoms with Gasteiger partial charge in [-0.25, -0.2) is 0 Å². The van der Waals surface area contributed by atoms with Gasteiger partial charge < -0.3 is 19.7 Å². The Morgan fingerprint density at radius 3 is 2.26 bits per heavy atom. The molecule has 2 amide bonds. The highest BCUT2D eigenvalue weighted by atomic mass is 32.2. The first kappa shape index (κ1) is 27.6. The van der Waals surface area contributed by atoms with E-state index >= 15 is 0 Å². The van der Waals surface area contributed by atoms with Crippen molar-refractivity contribution in [1.82, 2.24) is 10.2 Å². The summed E-state index contributed by atoms with van der Waals surface area (Å²) in [7, 11) is 3.21. The van der Waals surface area contributed by atoms with Crippen LogP contribution >= 0.6 is 11.8 Å². The van der Waals surface area contributed by atoms with Crippen LogP contribution in [0.3, 0.4) is 0 Å². The molecule has 1 fully saturated rings. The summed E-state index contributed by atoms with van der Waals surface area (Å²) in [6, 6.07) is 22.8. The van der Waals surface area contributed by atoms with Crippen LogP contribution in [-0.2, 0) is 16.6 Å². The minimum absolute atomic E-state index is 0.00598. The average molecular weight is 533 g/mol. The lowest BCUT2D eigenvalue weighted by Crippen LogP contribution is -2.48. The van der Waals surface area contributed by atoms with E-state index < -0.39 is 6.04 Å². The third kappa shape index (κ3) is 6.16.